The highest BCUT2D eigenvalue weighted by Crippen LogP contribution is 2.43. The van der Waals surface area contributed by atoms with E-state index in [0.29, 0.717) is 11.3 Å². The third kappa shape index (κ3) is 1.48. The van der Waals surface area contributed by atoms with Gasteiger partial charge in [-0.05, 0) is 18.2 Å². The summed E-state index contributed by atoms with van der Waals surface area (Å²) in [5.74, 6) is 1.04. The number of hydrogen-bond acceptors (Lipinski definition) is 3. The molecule has 1 atom stereocenters. The van der Waals surface area contributed by atoms with Crippen molar-refractivity contribution in [3.8, 4) is 11.5 Å². The van der Waals surface area contributed by atoms with E-state index in [-0.39, 0.29) is 12.1 Å². The molecule has 0 aromatic heterocycles. The van der Waals surface area contributed by atoms with Gasteiger partial charge in [-0.25, -0.2) is 4.79 Å². The number of para-hydroxylation sites is 2. The van der Waals surface area contributed by atoms with Crippen LogP contribution in [0.1, 0.15) is 17.2 Å². The van der Waals surface area contributed by atoms with Crippen LogP contribution in [0.15, 0.2) is 54.1 Å². The number of benzene rings is 2. The molecule has 0 saturated carbocycles. The molecular formula is C16H10O3. The second kappa shape index (κ2) is 3.72. The summed E-state index contributed by atoms with van der Waals surface area (Å²) in [6, 6.07) is 15.1. The Balaban J connectivity index is 1.92. The second-order valence-corrected chi connectivity index (χ2v) is 4.56. The van der Waals surface area contributed by atoms with Crippen molar-refractivity contribution in [3.63, 3.8) is 0 Å². The molecule has 0 N–H and O–H groups in total. The molecule has 0 aliphatic carbocycles. The van der Waals surface area contributed by atoms with E-state index in [1.807, 2.05) is 48.5 Å². The third-order valence-corrected chi connectivity index (χ3v) is 3.40. The summed E-state index contributed by atoms with van der Waals surface area (Å²) in [4.78, 5) is 12.0. The molecule has 1 unspecified atom stereocenters. The van der Waals surface area contributed by atoms with Crippen LogP contribution in [0.2, 0.25) is 0 Å². The van der Waals surface area contributed by atoms with Crippen LogP contribution in [0, 0.1) is 0 Å². The Morgan fingerprint density at radius 1 is 0.895 bits per heavy atom. The Morgan fingerprint density at radius 2 is 1.63 bits per heavy atom. The summed E-state index contributed by atoms with van der Waals surface area (Å²) in [7, 11) is 0. The summed E-state index contributed by atoms with van der Waals surface area (Å²) in [5, 5.41) is 0. The maximum Gasteiger partial charge on any atom is 0.343 e. The van der Waals surface area contributed by atoms with E-state index < -0.39 is 0 Å². The molecule has 3 nitrogen and oxygen atoms in total. The molecule has 3 heteroatoms. The van der Waals surface area contributed by atoms with Crippen molar-refractivity contribution < 1.29 is 14.3 Å². The number of carbonyl (C=O) groups excluding carboxylic acids is 1. The molecule has 0 saturated heterocycles. The largest absolute Gasteiger partial charge is 0.480 e. The van der Waals surface area contributed by atoms with Gasteiger partial charge < -0.3 is 9.47 Å². The molecule has 4 rings (SSSR count). The molecule has 0 spiro atoms. The number of carbonyl (C=O) groups is 1. The first-order chi connectivity index (χ1) is 9.33. The summed E-state index contributed by atoms with van der Waals surface area (Å²) in [5.41, 5.74) is 2.35. The molecule has 0 fully saturated rings. The van der Waals surface area contributed by atoms with Crippen molar-refractivity contribution >= 4 is 12.0 Å². The highest BCUT2D eigenvalue weighted by molar-refractivity contribution is 5.99. The fraction of sp³-hybridized carbons (Fsp3) is 0.0625. The first kappa shape index (κ1) is 10.4. The number of ether oxygens (including phenoxy) is 2. The fourth-order valence-electron chi connectivity index (χ4n) is 2.49. The molecule has 2 aromatic carbocycles. The van der Waals surface area contributed by atoms with Crippen molar-refractivity contribution in [3.05, 3.63) is 65.2 Å². The molecule has 0 amide bonds. The first-order valence-electron chi connectivity index (χ1n) is 6.11. The Hall–Kier alpha value is -2.55. The van der Waals surface area contributed by atoms with Crippen LogP contribution in [0.4, 0.5) is 0 Å². The molecule has 19 heavy (non-hydrogen) atoms. The lowest BCUT2D eigenvalue weighted by atomic mass is 9.93. The Bertz CT molecular complexity index is 715. The lowest BCUT2D eigenvalue weighted by Gasteiger charge is -2.30. The zero-order valence-electron chi connectivity index (χ0n) is 10.00. The summed E-state index contributed by atoms with van der Waals surface area (Å²) in [6.45, 7) is 0. The number of rotatable bonds is 0. The van der Waals surface area contributed by atoms with Crippen LogP contribution >= 0.6 is 0 Å². The van der Waals surface area contributed by atoms with Crippen molar-refractivity contribution in [1.29, 1.82) is 0 Å². The smallest absolute Gasteiger partial charge is 0.343 e. The van der Waals surface area contributed by atoms with Gasteiger partial charge in [0.15, 0.2) is 6.10 Å². The van der Waals surface area contributed by atoms with Gasteiger partial charge in [0.2, 0.25) is 0 Å². The average molecular weight is 250 g/mol. The van der Waals surface area contributed by atoms with Gasteiger partial charge in [0, 0.05) is 11.1 Å². The molecule has 2 aliphatic rings. The quantitative estimate of drug-likeness (QED) is 0.532. The molecule has 0 radical (unpaired) electrons. The molecular weight excluding hydrogens is 240 g/mol. The minimum Gasteiger partial charge on any atom is -0.480 e. The summed E-state index contributed by atoms with van der Waals surface area (Å²) < 4.78 is 11.3. The third-order valence-electron chi connectivity index (χ3n) is 3.40. The van der Waals surface area contributed by atoms with Crippen molar-refractivity contribution in [2.24, 2.45) is 0 Å². The monoisotopic (exact) mass is 250 g/mol. The number of fused-ring (bicyclic) bond motifs is 4. The highest BCUT2D eigenvalue weighted by Gasteiger charge is 2.36. The van der Waals surface area contributed by atoms with Crippen LogP contribution in [0.5, 0.6) is 11.5 Å². The van der Waals surface area contributed by atoms with Crippen molar-refractivity contribution in [1.82, 2.24) is 0 Å². The van der Waals surface area contributed by atoms with Gasteiger partial charge in [0.05, 0.1) is 5.57 Å². The summed E-state index contributed by atoms with van der Waals surface area (Å²) >= 11 is 0. The van der Waals surface area contributed by atoms with Crippen LogP contribution in [-0.4, -0.2) is 5.97 Å². The van der Waals surface area contributed by atoms with Crippen molar-refractivity contribution in [2.45, 2.75) is 6.10 Å². The maximum absolute atomic E-state index is 12.0. The molecule has 2 aliphatic heterocycles. The minimum absolute atomic E-state index is 0.335. The predicted molar refractivity (Wildman–Crippen MR) is 69.9 cm³/mol. The topological polar surface area (TPSA) is 35.5 Å². The fourth-order valence-corrected chi connectivity index (χ4v) is 2.49. The van der Waals surface area contributed by atoms with Gasteiger partial charge >= 0.3 is 5.97 Å². The second-order valence-electron chi connectivity index (χ2n) is 4.56. The zero-order chi connectivity index (χ0) is 12.8. The Labute approximate surface area is 110 Å². The standard InChI is InChI=1S/C16H10O3/c17-16-12-9-10-5-1-3-7-13(10)18-15(12)11-6-2-4-8-14(11)19-16/h1-9,15H. The normalized spacial score (nSPS) is 19.3. The van der Waals surface area contributed by atoms with E-state index in [0.717, 1.165) is 16.9 Å². The number of esters is 1. The molecule has 0 bridgehead atoms. The van der Waals surface area contributed by atoms with E-state index in [1.54, 1.807) is 6.07 Å². The van der Waals surface area contributed by atoms with Crippen LogP contribution < -0.4 is 9.47 Å². The van der Waals surface area contributed by atoms with Crippen LogP contribution in [0.25, 0.3) is 6.08 Å². The van der Waals surface area contributed by atoms with Gasteiger partial charge in [-0.15, -0.1) is 0 Å². The van der Waals surface area contributed by atoms with E-state index in [9.17, 15) is 4.79 Å². The average Bonchev–Trinajstić information content (AvgIpc) is 2.46. The van der Waals surface area contributed by atoms with Gasteiger partial charge in [-0.3, -0.25) is 0 Å². The first-order valence-corrected chi connectivity index (χ1v) is 6.11. The summed E-state index contributed by atoms with van der Waals surface area (Å²) in [6.07, 6.45) is 1.48. The highest BCUT2D eigenvalue weighted by atomic mass is 16.5. The predicted octanol–water partition coefficient (Wildman–Crippen LogP) is 3.12. The molecule has 92 valence electrons. The van der Waals surface area contributed by atoms with Gasteiger partial charge in [0.25, 0.3) is 0 Å². The van der Waals surface area contributed by atoms with E-state index in [2.05, 4.69) is 0 Å². The lowest BCUT2D eigenvalue weighted by Crippen LogP contribution is -2.28. The van der Waals surface area contributed by atoms with E-state index >= 15 is 0 Å². The Kier molecular flexibility index (Phi) is 2.03. The number of hydrogen-bond donors (Lipinski definition) is 0. The van der Waals surface area contributed by atoms with E-state index in [4.69, 9.17) is 9.47 Å². The Morgan fingerprint density at radius 3 is 2.53 bits per heavy atom. The van der Waals surface area contributed by atoms with Gasteiger partial charge in [-0.1, -0.05) is 36.4 Å². The lowest BCUT2D eigenvalue weighted by molar-refractivity contribution is -0.132. The molecule has 2 heterocycles. The minimum atomic E-state index is -0.368. The SMILES string of the molecule is O=C1Oc2ccccc2C2Oc3ccccc3C=C12. The van der Waals surface area contributed by atoms with Crippen LogP contribution in [0.3, 0.4) is 0 Å². The molecule has 2 aromatic rings. The van der Waals surface area contributed by atoms with Crippen molar-refractivity contribution in [2.75, 3.05) is 0 Å². The maximum atomic E-state index is 12.0. The van der Waals surface area contributed by atoms with E-state index in [1.165, 1.54) is 0 Å². The van der Waals surface area contributed by atoms with Crippen LogP contribution in [-0.2, 0) is 4.79 Å². The van der Waals surface area contributed by atoms with Gasteiger partial charge in [-0.2, -0.15) is 0 Å². The zero-order valence-corrected chi connectivity index (χ0v) is 10.00. The van der Waals surface area contributed by atoms with Gasteiger partial charge in [0.1, 0.15) is 11.5 Å².